The van der Waals surface area contributed by atoms with Crippen molar-refractivity contribution < 1.29 is 9.13 Å². The standard InChI is InChI=1S/C12H17FN2O/c1-8-6-15(7-9(2)16-8)11-5-3-4-10(13)12(11)14/h3-5,8-9H,6-7,14H2,1-2H3/t8-,9+. The van der Waals surface area contributed by atoms with Crippen LogP contribution in [-0.2, 0) is 4.74 Å². The van der Waals surface area contributed by atoms with Crippen molar-refractivity contribution in [1.29, 1.82) is 0 Å². The van der Waals surface area contributed by atoms with Gasteiger partial charge in [0.2, 0.25) is 0 Å². The number of nitrogens with two attached hydrogens (primary N) is 1. The van der Waals surface area contributed by atoms with Gasteiger partial charge in [0.15, 0.2) is 0 Å². The lowest BCUT2D eigenvalue weighted by molar-refractivity contribution is -0.00518. The Morgan fingerprint density at radius 2 is 1.94 bits per heavy atom. The highest BCUT2D eigenvalue weighted by Crippen LogP contribution is 2.28. The minimum Gasteiger partial charge on any atom is -0.395 e. The third-order valence-corrected chi connectivity index (χ3v) is 2.79. The Balaban J connectivity index is 2.26. The molecule has 2 atom stereocenters. The molecule has 0 bridgehead atoms. The summed E-state index contributed by atoms with van der Waals surface area (Å²) in [5, 5.41) is 0. The predicted octanol–water partition coefficient (Wildman–Crippen LogP) is 2.02. The summed E-state index contributed by atoms with van der Waals surface area (Å²) >= 11 is 0. The number of benzene rings is 1. The molecule has 0 saturated carbocycles. The molecule has 1 saturated heterocycles. The maximum atomic E-state index is 13.3. The van der Waals surface area contributed by atoms with E-state index in [2.05, 4.69) is 4.90 Å². The first-order valence-electron chi connectivity index (χ1n) is 5.52. The zero-order valence-electron chi connectivity index (χ0n) is 9.61. The van der Waals surface area contributed by atoms with E-state index in [0.717, 1.165) is 18.8 Å². The molecule has 0 radical (unpaired) electrons. The van der Waals surface area contributed by atoms with Gasteiger partial charge >= 0.3 is 0 Å². The lowest BCUT2D eigenvalue weighted by Gasteiger charge is -2.37. The second-order valence-corrected chi connectivity index (χ2v) is 4.33. The van der Waals surface area contributed by atoms with Gasteiger partial charge in [-0.25, -0.2) is 4.39 Å². The predicted molar refractivity (Wildman–Crippen MR) is 63.0 cm³/mol. The first-order valence-corrected chi connectivity index (χ1v) is 5.52. The van der Waals surface area contributed by atoms with Crippen LogP contribution in [-0.4, -0.2) is 25.3 Å². The first-order chi connectivity index (χ1) is 7.58. The van der Waals surface area contributed by atoms with Gasteiger partial charge in [0, 0.05) is 13.1 Å². The van der Waals surface area contributed by atoms with E-state index in [9.17, 15) is 4.39 Å². The topological polar surface area (TPSA) is 38.5 Å². The van der Waals surface area contributed by atoms with E-state index < -0.39 is 0 Å². The number of morpholine rings is 1. The summed E-state index contributed by atoms with van der Waals surface area (Å²) in [6, 6.07) is 4.92. The highest BCUT2D eigenvalue weighted by Gasteiger charge is 2.24. The number of anilines is 2. The molecule has 1 aromatic rings. The smallest absolute Gasteiger partial charge is 0.148 e. The maximum Gasteiger partial charge on any atom is 0.148 e. The molecule has 0 amide bonds. The molecule has 2 N–H and O–H groups in total. The molecule has 0 aromatic heterocycles. The first kappa shape index (κ1) is 11.2. The molecular formula is C12H17FN2O. The zero-order valence-corrected chi connectivity index (χ0v) is 9.61. The summed E-state index contributed by atoms with van der Waals surface area (Å²) < 4.78 is 19.0. The molecule has 4 heteroatoms. The van der Waals surface area contributed by atoms with Crippen LogP contribution in [0.4, 0.5) is 15.8 Å². The van der Waals surface area contributed by atoms with Crippen molar-refractivity contribution >= 4 is 11.4 Å². The van der Waals surface area contributed by atoms with Crippen LogP contribution in [0.25, 0.3) is 0 Å². The Bertz CT molecular complexity index is 373. The molecule has 16 heavy (non-hydrogen) atoms. The van der Waals surface area contributed by atoms with Crippen LogP contribution in [0.3, 0.4) is 0 Å². The Morgan fingerprint density at radius 3 is 2.56 bits per heavy atom. The van der Waals surface area contributed by atoms with E-state index in [4.69, 9.17) is 10.5 Å². The number of hydrogen-bond acceptors (Lipinski definition) is 3. The molecule has 1 aromatic carbocycles. The fourth-order valence-corrected chi connectivity index (χ4v) is 2.18. The summed E-state index contributed by atoms with van der Waals surface area (Å²) in [5.74, 6) is -0.357. The van der Waals surface area contributed by atoms with Crippen molar-refractivity contribution in [3.05, 3.63) is 24.0 Å². The summed E-state index contributed by atoms with van der Waals surface area (Å²) in [4.78, 5) is 2.08. The summed E-state index contributed by atoms with van der Waals surface area (Å²) in [5.41, 5.74) is 6.74. The van der Waals surface area contributed by atoms with Gasteiger partial charge in [0.05, 0.1) is 23.6 Å². The molecule has 1 aliphatic heterocycles. The van der Waals surface area contributed by atoms with Crippen LogP contribution in [0.2, 0.25) is 0 Å². The highest BCUT2D eigenvalue weighted by atomic mass is 19.1. The van der Waals surface area contributed by atoms with Gasteiger partial charge in [-0.15, -0.1) is 0 Å². The Hall–Kier alpha value is -1.29. The zero-order chi connectivity index (χ0) is 11.7. The Kier molecular flexibility index (Phi) is 3.01. The molecule has 0 spiro atoms. The average molecular weight is 224 g/mol. The van der Waals surface area contributed by atoms with Crippen molar-refractivity contribution in [3.63, 3.8) is 0 Å². The van der Waals surface area contributed by atoms with Crippen molar-refractivity contribution in [2.24, 2.45) is 0 Å². The number of ether oxygens (including phenoxy) is 1. The van der Waals surface area contributed by atoms with E-state index in [0.29, 0.717) is 0 Å². The van der Waals surface area contributed by atoms with Crippen LogP contribution in [0, 0.1) is 5.82 Å². The number of nitrogen functional groups attached to an aromatic ring is 1. The molecule has 2 rings (SSSR count). The lowest BCUT2D eigenvalue weighted by atomic mass is 10.1. The van der Waals surface area contributed by atoms with Gasteiger partial charge in [-0.2, -0.15) is 0 Å². The van der Waals surface area contributed by atoms with E-state index in [1.807, 2.05) is 19.9 Å². The van der Waals surface area contributed by atoms with Crippen LogP contribution in [0.15, 0.2) is 18.2 Å². The Morgan fingerprint density at radius 1 is 1.31 bits per heavy atom. The highest BCUT2D eigenvalue weighted by molar-refractivity contribution is 5.68. The molecule has 1 fully saturated rings. The number of para-hydroxylation sites is 1. The fraction of sp³-hybridized carbons (Fsp3) is 0.500. The van der Waals surface area contributed by atoms with Crippen LogP contribution in [0.1, 0.15) is 13.8 Å². The Labute approximate surface area is 95.0 Å². The number of nitrogens with zero attached hydrogens (tertiary/aromatic N) is 1. The monoisotopic (exact) mass is 224 g/mol. The van der Waals surface area contributed by atoms with Crippen molar-refractivity contribution in [1.82, 2.24) is 0 Å². The third kappa shape index (κ3) is 2.11. The second kappa shape index (κ2) is 4.29. The van der Waals surface area contributed by atoms with Gasteiger partial charge in [-0.05, 0) is 26.0 Å². The van der Waals surface area contributed by atoms with Gasteiger partial charge in [-0.3, -0.25) is 0 Å². The van der Waals surface area contributed by atoms with Crippen LogP contribution in [0.5, 0.6) is 0 Å². The molecule has 0 aliphatic carbocycles. The quantitative estimate of drug-likeness (QED) is 0.742. The number of hydrogen-bond donors (Lipinski definition) is 1. The van der Waals surface area contributed by atoms with Gasteiger partial charge in [-0.1, -0.05) is 6.07 Å². The van der Waals surface area contributed by atoms with Crippen molar-refractivity contribution in [3.8, 4) is 0 Å². The van der Waals surface area contributed by atoms with Gasteiger partial charge < -0.3 is 15.4 Å². The summed E-state index contributed by atoms with van der Waals surface area (Å²) in [6.07, 6.45) is 0.290. The SMILES string of the molecule is C[C@@H]1CN(c2cccc(F)c2N)C[C@H](C)O1. The summed E-state index contributed by atoms with van der Waals surface area (Å²) in [7, 11) is 0. The van der Waals surface area contributed by atoms with E-state index >= 15 is 0 Å². The minimum atomic E-state index is -0.357. The lowest BCUT2D eigenvalue weighted by Crippen LogP contribution is -2.45. The third-order valence-electron chi connectivity index (χ3n) is 2.79. The van der Waals surface area contributed by atoms with Crippen molar-refractivity contribution in [2.45, 2.75) is 26.1 Å². The number of halogens is 1. The second-order valence-electron chi connectivity index (χ2n) is 4.33. The molecule has 88 valence electrons. The minimum absolute atomic E-state index is 0.145. The molecule has 1 aliphatic rings. The van der Waals surface area contributed by atoms with E-state index in [-0.39, 0.29) is 23.7 Å². The average Bonchev–Trinajstić information content (AvgIpc) is 2.20. The van der Waals surface area contributed by atoms with E-state index in [1.54, 1.807) is 6.07 Å². The van der Waals surface area contributed by atoms with Crippen molar-refractivity contribution in [2.75, 3.05) is 23.7 Å². The molecular weight excluding hydrogens is 207 g/mol. The van der Waals surface area contributed by atoms with E-state index in [1.165, 1.54) is 6.07 Å². The molecule has 3 nitrogen and oxygen atoms in total. The van der Waals surface area contributed by atoms with Crippen LogP contribution >= 0.6 is 0 Å². The largest absolute Gasteiger partial charge is 0.395 e. The number of rotatable bonds is 1. The van der Waals surface area contributed by atoms with Crippen LogP contribution < -0.4 is 10.6 Å². The molecule has 0 unspecified atom stereocenters. The maximum absolute atomic E-state index is 13.3. The van der Waals surface area contributed by atoms with Gasteiger partial charge in [0.1, 0.15) is 5.82 Å². The normalized spacial score (nSPS) is 25.8. The molecule has 1 heterocycles. The fourth-order valence-electron chi connectivity index (χ4n) is 2.18. The van der Waals surface area contributed by atoms with Gasteiger partial charge in [0.25, 0.3) is 0 Å². The summed E-state index contributed by atoms with van der Waals surface area (Å²) in [6.45, 7) is 5.52.